The molecule has 0 aliphatic rings. The van der Waals surface area contributed by atoms with Gasteiger partial charge in [0.05, 0.1) is 6.10 Å². The first-order valence-corrected chi connectivity index (χ1v) is 6.12. The first-order valence-electron chi connectivity index (χ1n) is 5.36. The molecule has 2 atom stereocenters. The number of rotatable bonds is 5. The number of halogens is 2. The van der Waals surface area contributed by atoms with Crippen LogP contribution in [0, 0.1) is 0 Å². The SMILES string of the molecule is CCOC(C)C(N)Cc1c(Cl)cccc1Cl. The van der Waals surface area contributed by atoms with Gasteiger partial charge in [-0.05, 0) is 38.0 Å². The molecular formula is C12H17Cl2NO. The second kappa shape index (κ2) is 6.45. The van der Waals surface area contributed by atoms with Crippen molar-refractivity contribution in [3.63, 3.8) is 0 Å². The maximum Gasteiger partial charge on any atom is 0.0700 e. The van der Waals surface area contributed by atoms with Gasteiger partial charge in [0.15, 0.2) is 0 Å². The smallest absolute Gasteiger partial charge is 0.0700 e. The lowest BCUT2D eigenvalue weighted by molar-refractivity contribution is 0.0577. The molecule has 0 aliphatic carbocycles. The summed E-state index contributed by atoms with van der Waals surface area (Å²) < 4.78 is 5.44. The Bertz CT molecular complexity index is 324. The molecule has 0 fully saturated rings. The Labute approximate surface area is 107 Å². The largest absolute Gasteiger partial charge is 0.377 e. The zero-order valence-electron chi connectivity index (χ0n) is 9.54. The van der Waals surface area contributed by atoms with Gasteiger partial charge in [0.1, 0.15) is 0 Å². The molecule has 4 heteroatoms. The fourth-order valence-corrected chi connectivity index (χ4v) is 2.07. The second-order valence-corrected chi connectivity index (χ2v) is 4.54. The van der Waals surface area contributed by atoms with Gasteiger partial charge in [-0.15, -0.1) is 0 Å². The zero-order chi connectivity index (χ0) is 12.1. The minimum atomic E-state index is -0.0997. The van der Waals surface area contributed by atoms with Gasteiger partial charge >= 0.3 is 0 Å². The molecule has 0 saturated heterocycles. The number of hydrogen-bond acceptors (Lipinski definition) is 2. The van der Waals surface area contributed by atoms with E-state index in [1.807, 2.05) is 32.0 Å². The van der Waals surface area contributed by atoms with Crippen LogP contribution in [-0.2, 0) is 11.2 Å². The van der Waals surface area contributed by atoms with Crippen LogP contribution in [0.3, 0.4) is 0 Å². The Morgan fingerprint density at radius 1 is 1.31 bits per heavy atom. The summed E-state index contributed by atoms with van der Waals surface area (Å²) >= 11 is 12.1. The Morgan fingerprint density at radius 2 is 1.88 bits per heavy atom. The van der Waals surface area contributed by atoms with E-state index in [2.05, 4.69) is 0 Å². The standard InChI is InChI=1S/C12H17Cl2NO/c1-3-16-8(2)12(15)7-9-10(13)5-4-6-11(9)14/h4-6,8,12H,3,7,15H2,1-2H3. The van der Waals surface area contributed by atoms with Crippen molar-refractivity contribution in [3.05, 3.63) is 33.8 Å². The fourth-order valence-electron chi connectivity index (χ4n) is 1.52. The molecule has 1 aromatic carbocycles. The Hall–Kier alpha value is -0.280. The van der Waals surface area contributed by atoms with Gasteiger partial charge in [0.2, 0.25) is 0 Å². The van der Waals surface area contributed by atoms with E-state index in [4.69, 9.17) is 33.7 Å². The molecule has 0 radical (unpaired) electrons. The maximum atomic E-state index is 6.07. The summed E-state index contributed by atoms with van der Waals surface area (Å²) in [4.78, 5) is 0. The molecule has 2 nitrogen and oxygen atoms in total. The van der Waals surface area contributed by atoms with Crippen LogP contribution in [0.5, 0.6) is 0 Å². The maximum absolute atomic E-state index is 6.07. The average Bonchev–Trinajstić information content (AvgIpc) is 2.23. The molecule has 2 N–H and O–H groups in total. The lowest BCUT2D eigenvalue weighted by atomic mass is 10.0. The average molecular weight is 262 g/mol. The van der Waals surface area contributed by atoms with Crippen LogP contribution in [-0.4, -0.2) is 18.8 Å². The molecule has 0 saturated carbocycles. The number of ether oxygens (including phenoxy) is 1. The van der Waals surface area contributed by atoms with Gasteiger partial charge in [-0.3, -0.25) is 0 Å². The molecule has 0 aliphatic heterocycles. The van der Waals surface area contributed by atoms with Gasteiger partial charge in [-0.1, -0.05) is 29.3 Å². The summed E-state index contributed by atoms with van der Waals surface area (Å²) in [6, 6.07) is 5.37. The van der Waals surface area contributed by atoms with Gasteiger partial charge in [0, 0.05) is 22.7 Å². The van der Waals surface area contributed by atoms with E-state index < -0.39 is 0 Å². The normalized spacial score (nSPS) is 14.8. The van der Waals surface area contributed by atoms with Crippen LogP contribution in [0.15, 0.2) is 18.2 Å². The third-order valence-electron chi connectivity index (χ3n) is 2.53. The summed E-state index contributed by atoms with van der Waals surface area (Å²) in [6.07, 6.45) is 0.622. The van der Waals surface area contributed by atoms with E-state index in [-0.39, 0.29) is 12.1 Å². The predicted octanol–water partition coefficient (Wildman–Crippen LogP) is 3.29. The molecule has 0 spiro atoms. The Morgan fingerprint density at radius 3 is 2.38 bits per heavy atom. The van der Waals surface area contributed by atoms with E-state index in [0.29, 0.717) is 23.1 Å². The molecule has 90 valence electrons. The Balaban J connectivity index is 2.72. The topological polar surface area (TPSA) is 35.2 Å². The van der Waals surface area contributed by atoms with Gasteiger partial charge in [0.25, 0.3) is 0 Å². The van der Waals surface area contributed by atoms with Crippen molar-refractivity contribution in [2.45, 2.75) is 32.4 Å². The molecule has 16 heavy (non-hydrogen) atoms. The summed E-state index contributed by atoms with van der Waals surface area (Å²) in [7, 11) is 0. The molecule has 0 amide bonds. The minimum Gasteiger partial charge on any atom is -0.377 e. The molecule has 1 rings (SSSR count). The molecule has 0 bridgehead atoms. The highest BCUT2D eigenvalue weighted by Gasteiger charge is 2.16. The van der Waals surface area contributed by atoms with Crippen molar-refractivity contribution in [2.75, 3.05) is 6.61 Å². The second-order valence-electron chi connectivity index (χ2n) is 3.73. The van der Waals surface area contributed by atoms with Crippen LogP contribution in [0.2, 0.25) is 10.0 Å². The predicted molar refractivity (Wildman–Crippen MR) is 69.2 cm³/mol. The molecular weight excluding hydrogens is 245 g/mol. The number of benzene rings is 1. The van der Waals surface area contributed by atoms with Gasteiger partial charge in [-0.25, -0.2) is 0 Å². The van der Waals surface area contributed by atoms with Crippen molar-refractivity contribution < 1.29 is 4.74 Å². The van der Waals surface area contributed by atoms with E-state index in [1.165, 1.54) is 0 Å². The zero-order valence-corrected chi connectivity index (χ0v) is 11.1. The third kappa shape index (κ3) is 3.63. The van der Waals surface area contributed by atoms with Crippen LogP contribution in [0.25, 0.3) is 0 Å². The highest BCUT2D eigenvalue weighted by atomic mass is 35.5. The van der Waals surface area contributed by atoms with E-state index in [9.17, 15) is 0 Å². The molecule has 2 unspecified atom stereocenters. The first kappa shape index (κ1) is 13.8. The van der Waals surface area contributed by atoms with E-state index >= 15 is 0 Å². The molecule has 0 aromatic heterocycles. The summed E-state index contributed by atoms with van der Waals surface area (Å²) in [6.45, 7) is 4.57. The number of nitrogens with two attached hydrogens (primary N) is 1. The minimum absolute atomic E-state index is 0.00246. The van der Waals surface area contributed by atoms with E-state index in [0.717, 1.165) is 5.56 Å². The molecule has 0 heterocycles. The van der Waals surface area contributed by atoms with Crippen molar-refractivity contribution in [3.8, 4) is 0 Å². The quantitative estimate of drug-likeness (QED) is 0.883. The summed E-state index contributed by atoms with van der Waals surface area (Å²) in [5.74, 6) is 0. The highest BCUT2D eigenvalue weighted by Crippen LogP contribution is 2.25. The lowest BCUT2D eigenvalue weighted by Crippen LogP contribution is -2.36. The monoisotopic (exact) mass is 261 g/mol. The number of hydrogen-bond donors (Lipinski definition) is 1. The van der Waals surface area contributed by atoms with Crippen LogP contribution in [0.1, 0.15) is 19.4 Å². The van der Waals surface area contributed by atoms with Crippen molar-refractivity contribution in [1.82, 2.24) is 0 Å². The van der Waals surface area contributed by atoms with Gasteiger partial charge in [-0.2, -0.15) is 0 Å². The van der Waals surface area contributed by atoms with Crippen molar-refractivity contribution >= 4 is 23.2 Å². The van der Waals surface area contributed by atoms with Gasteiger partial charge < -0.3 is 10.5 Å². The summed E-state index contributed by atoms with van der Waals surface area (Å²) in [5, 5.41) is 1.32. The third-order valence-corrected chi connectivity index (χ3v) is 3.24. The van der Waals surface area contributed by atoms with Crippen molar-refractivity contribution in [2.24, 2.45) is 5.73 Å². The van der Waals surface area contributed by atoms with Crippen molar-refractivity contribution in [1.29, 1.82) is 0 Å². The first-order chi connectivity index (χ1) is 7.56. The Kier molecular flexibility index (Phi) is 5.56. The molecule has 1 aromatic rings. The van der Waals surface area contributed by atoms with Crippen LogP contribution >= 0.6 is 23.2 Å². The fraction of sp³-hybridized carbons (Fsp3) is 0.500. The van der Waals surface area contributed by atoms with Crippen LogP contribution in [0.4, 0.5) is 0 Å². The highest BCUT2D eigenvalue weighted by molar-refractivity contribution is 6.35. The van der Waals surface area contributed by atoms with Crippen LogP contribution < -0.4 is 5.73 Å². The summed E-state index contributed by atoms with van der Waals surface area (Å²) in [5.41, 5.74) is 6.92. The lowest BCUT2D eigenvalue weighted by Gasteiger charge is -2.20. The van der Waals surface area contributed by atoms with E-state index in [1.54, 1.807) is 0 Å².